The van der Waals surface area contributed by atoms with Gasteiger partial charge in [0.1, 0.15) is 11.2 Å². The molecule has 0 fully saturated rings. The molecular weight excluding hydrogens is 342 g/mol. The number of para-hydroxylation sites is 2. The Balaban J connectivity index is 1.61. The maximum atomic E-state index is 6.23. The molecule has 28 heavy (non-hydrogen) atoms. The molecule has 0 atom stereocenters. The van der Waals surface area contributed by atoms with Gasteiger partial charge in [-0.1, -0.05) is 68.4 Å². The summed E-state index contributed by atoms with van der Waals surface area (Å²) in [5.74, 6) is 0. The van der Waals surface area contributed by atoms with Crippen molar-refractivity contribution < 1.29 is 4.42 Å². The highest BCUT2D eigenvalue weighted by molar-refractivity contribution is 6.09. The lowest BCUT2D eigenvalue weighted by Gasteiger charge is -2.21. The normalized spacial score (nSPS) is 14.4. The van der Waals surface area contributed by atoms with Crippen molar-refractivity contribution in [2.75, 3.05) is 0 Å². The summed E-state index contributed by atoms with van der Waals surface area (Å²) in [5, 5.41) is 2.28. The smallest absolute Gasteiger partial charge is 0.144 e. The summed E-state index contributed by atoms with van der Waals surface area (Å²) in [5.41, 5.74) is 9.02. The molecule has 6 rings (SSSR count). The van der Waals surface area contributed by atoms with E-state index in [4.69, 9.17) is 9.40 Å². The molecule has 0 amide bonds. The van der Waals surface area contributed by atoms with E-state index in [9.17, 15) is 0 Å². The maximum absolute atomic E-state index is 6.23. The van der Waals surface area contributed by atoms with Crippen molar-refractivity contribution in [3.63, 3.8) is 0 Å². The van der Waals surface area contributed by atoms with E-state index in [-0.39, 0.29) is 5.41 Å². The van der Waals surface area contributed by atoms with E-state index in [1.165, 1.54) is 22.3 Å². The number of rotatable bonds is 1. The van der Waals surface area contributed by atoms with Crippen LogP contribution in [0.1, 0.15) is 25.0 Å². The van der Waals surface area contributed by atoms with Gasteiger partial charge in [0, 0.05) is 33.5 Å². The number of furan rings is 1. The van der Waals surface area contributed by atoms with Crippen molar-refractivity contribution in [3.8, 4) is 22.4 Å². The van der Waals surface area contributed by atoms with E-state index in [2.05, 4.69) is 74.5 Å². The summed E-state index contributed by atoms with van der Waals surface area (Å²) in [6, 6.07) is 25.4. The summed E-state index contributed by atoms with van der Waals surface area (Å²) < 4.78 is 6.23. The third-order valence-corrected chi connectivity index (χ3v) is 6.15. The van der Waals surface area contributed by atoms with Crippen LogP contribution in [0.5, 0.6) is 0 Å². The van der Waals surface area contributed by atoms with Gasteiger partial charge in [-0.15, -0.1) is 0 Å². The van der Waals surface area contributed by atoms with E-state index < -0.39 is 0 Å². The van der Waals surface area contributed by atoms with Gasteiger partial charge in [-0.3, -0.25) is 4.98 Å². The topological polar surface area (TPSA) is 26.0 Å². The first-order chi connectivity index (χ1) is 13.6. The second-order valence-corrected chi connectivity index (χ2v) is 8.07. The second-order valence-electron chi connectivity index (χ2n) is 8.07. The van der Waals surface area contributed by atoms with Gasteiger partial charge in [0.25, 0.3) is 0 Å². The molecule has 0 spiro atoms. The fourth-order valence-corrected chi connectivity index (χ4v) is 4.69. The van der Waals surface area contributed by atoms with Crippen LogP contribution in [-0.4, -0.2) is 4.98 Å². The van der Waals surface area contributed by atoms with Gasteiger partial charge in [-0.2, -0.15) is 0 Å². The predicted molar refractivity (Wildman–Crippen MR) is 115 cm³/mol. The molecule has 0 bridgehead atoms. The SMILES string of the molecule is CC1(C)c2ccccc2-c2cnc(-c3cccc4c3oc3ccccc34)cc21. The zero-order chi connectivity index (χ0) is 18.9. The van der Waals surface area contributed by atoms with Crippen LogP contribution in [0, 0.1) is 0 Å². The molecule has 2 nitrogen and oxygen atoms in total. The highest BCUT2D eigenvalue weighted by Gasteiger charge is 2.35. The van der Waals surface area contributed by atoms with Gasteiger partial charge >= 0.3 is 0 Å². The van der Waals surface area contributed by atoms with Crippen LogP contribution < -0.4 is 0 Å². The molecule has 2 heterocycles. The van der Waals surface area contributed by atoms with Gasteiger partial charge in [-0.05, 0) is 34.9 Å². The molecule has 3 aromatic carbocycles. The van der Waals surface area contributed by atoms with Crippen LogP contribution in [0.4, 0.5) is 0 Å². The molecule has 0 saturated carbocycles. The third-order valence-electron chi connectivity index (χ3n) is 6.15. The zero-order valence-electron chi connectivity index (χ0n) is 15.9. The first-order valence-corrected chi connectivity index (χ1v) is 9.65. The van der Waals surface area contributed by atoms with Gasteiger partial charge in [-0.25, -0.2) is 0 Å². The molecule has 0 radical (unpaired) electrons. The maximum Gasteiger partial charge on any atom is 0.144 e. The number of hydrogen-bond donors (Lipinski definition) is 0. The number of pyridine rings is 1. The number of nitrogens with zero attached hydrogens (tertiary/aromatic N) is 1. The number of fused-ring (bicyclic) bond motifs is 6. The van der Waals surface area contributed by atoms with E-state index >= 15 is 0 Å². The minimum absolute atomic E-state index is 0.0363. The Morgan fingerprint density at radius 2 is 1.46 bits per heavy atom. The van der Waals surface area contributed by atoms with Gasteiger partial charge in [0.05, 0.1) is 5.69 Å². The van der Waals surface area contributed by atoms with Gasteiger partial charge in [0.2, 0.25) is 0 Å². The second kappa shape index (κ2) is 5.32. The average Bonchev–Trinajstić information content (AvgIpc) is 3.22. The fraction of sp³-hybridized carbons (Fsp3) is 0.115. The Morgan fingerprint density at radius 3 is 2.39 bits per heavy atom. The summed E-state index contributed by atoms with van der Waals surface area (Å²) >= 11 is 0. The Bertz CT molecular complexity index is 1390. The zero-order valence-corrected chi connectivity index (χ0v) is 15.9. The van der Waals surface area contributed by atoms with Crippen molar-refractivity contribution in [2.24, 2.45) is 0 Å². The Hall–Kier alpha value is -3.39. The van der Waals surface area contributed by atoms with Crippen LogP contribution in [0.3, 0.4) is 0 Å². The standard InChI is InChI=1S/C26H19NO/c1-26(2)21-12-5-3-8-16(21)20-15-27-23(14-22(20)26)19-11-7-10-18-17-9-4-6-13-24(17)28-25(18)19/h3-15H,1-2H3. The molecule has 0 N–H and O–H groups in total. The Kier molecular flexibility index (Phi) is 2.98. The van der Waals surface area contributed by atoms with Crippen molar-refractivity contribution in [1.82, 2.24) is 4.98 Å². The van der Waals surface area contributed by atoms with Crippen LogP contribution in [0.2, 0.25) is 0 Å². The Morgan fingerprint density at radius 1 is 0.714 bits per heavy atom. The highest BCUT2D eigenvalue weighted by Crippen LogP contribution is 2.49. The summed E-state index contributed by atoms with van der Waals surface area (Å²) in [4.78, 5) is 4.85. The van der Waals surface area contributed by atoms with Gasteiger partial charge in [0.15, 0.2) is 0 Å². The molecule has 134 valence electrons. The molecule has 1 aliphatic carbocycles. The van der Waals surface area contributed by atoms with Gasteiger partial charge < -0.3 is 4.42 Å². The molecule has 2 aromatic heterocycles. The largest absolute Gasteiger partial charge is 0.455 e. The number of aromatic nitrogens is 1. The van der Waals surface area contributed by atoms with E-state index in [0.717, 1.165) is 33.2 Å². The Labute approximate surface area is 163 Å². The van der Waals surface area contributed by atoms with Crippen molar-refractivity contribution >= 4 is 21.9 Å². The first kappa shape index (κ1) is 15.6. The van der Waals surface area contributed by atoms with E-state index in [1.54, 1.807) is 0 Å². The highest BCUT2D eigenvalue weighted by atomic mass is 16.3. The van der Waals surface area contributed by atoms with Crippen LogP contribution in [-0.2, 0) is 5.41 Å². The lowest BCUT2D eigenvalue weighted by Crippen LogP contribution is -2.15. The fourth-order valence-electron chi connectivity index (χ4n) is 4.69. The predicted octanol–water partition coefficient (Wildman–Crippen LogP) is 6.95. The van der Waals surface area contributed by atoms with Crippen molar-refractivity contribution in [2.45, 2.75) is 19.3 Å². The minimum Gasteiger partial charge on any atom is -0.455 e. The number of benzene rings is 3. The van der Waals surface area contributed by atoms with Crippen LogP contribution in [0.25, 0.3) is 44.3 Å². The molecule has 5 aromatic rings. The molecule has 0 aliphatic heterocycles. The molecule has 1 aliphatic rings. The van der Waals surface area contributed by atoms with Crippen LogP contribution in [0.15, 0.2) is 83.4 Å². The average molecular weight is 361 g/mol. The summed E-state index contributed by atoms with van der Waals surface area (Å²) in [6.45, 7) is 4.59. The molecule has 2 heteroatoms. The first-order valence-electron chi connectivity index (χ1n) is 9.65. The quantitative estimate of drug-likeness (QED) is 0.323. The van der Waals surface area contributed by atoms with Crippen molar-refractivity contribution in [1.29, 1.82) is 0 Å². The monoisotopic (exact) mass is 361 g/mol. The lowest BCUT2D eigenvalue weighted by molar-refractivity contribution is 0.659. The van der Waals surface area contributed by atoms with E-state index in [0.29, 0.717) is 0 Å². The number of hydrogen-bond acceptors (Lipinski definition) is 2. The summed E-state index contributed by atoms with van der Waals surface area (Å²) in [6.07, 6.45) is 2.03. The van der Waals surface area contributed by atoms with E-state index in [1.807, 2.05) is 18.3 Å². The third kappa shape index (κ3) is 1.95. The lowest BCUT2D eigenvalue weighted by atomic mass is 9.82. The summed E-state index contributed by atoms with van der Waals surface area (Å²) in [7, 11) is 0. The minimum atomic E-state index is -0.0363. The van der Waals surface area contributed by atoms with Crippen LogP contribution >= 0.6 is 0 Å². The molecule has 0 unspecified atom stereocenters. The molecule has 0 saturated heterocycles. The molecular formula is C26H19NO. The van der Waals surface area contributed by atoms with Crippen molar-refractivity contribution in [3.05, 3.63) is 90.1 Å².